The molecule has 3 rings (SSSR count). The molecule has 1 unspecified atom stereocenters. The van der Waals surface area contributed by atoms with Gasteiger partial charge in [0, 0.05) is 5.56 Å². The van der Waals surface area contributed by atoms with Crippen LogP contribution in [-0.2, 0) is 4.79 Å². The summed E-state index contributed by atoms with van der Waals surface area (Å²) in [6, 6.07) is 13.9. The van der Waals surface area contributed by atoms with Gasteiger partial charge >= 0.3 is 0 Å². The maximum absolute atomic E-state index is 12.9. The third-order valence-electron chi connectivity index (χ3n) is 3.40. The maximum atomic E-state index is 12.9. The van der Waals surface area contributed by atoms with E-state index in [0.717, 1.165) is 5.69 Å². The van der Waals surface area contributed by atoms with Gasteiger partial charge in [0.05, 0.1) is 12.1 Å². The zero-order valence-corrected chi connectivity index (χ0v) is 11.1. The Morgan fingerprint density at radius 3 is 2.38 bits per heavy atom. The third kappa shape index (κ3) is 2.63. The van der Waals surface area contributed by atoms with E-state index in [1.54, 1.807) is 0 Å². The van der Waals surface area contributed by atoms with Crippen molar-refractivity contribution in [1.29, 1.82) is 0 Å². The summed E-state index contributed by atoms with van der Waals surface area (Å²) in [6.07, 6.45) is 0.163. The second-order valence-corrected chi connectivity index (χ2v) is 4.83. The lowest BCUT2D eigenvalue weighted by atomic mass is 9.95. The lowest BCUT2D eigenvalue weighted by molar-refractivity contribution is -0.141. The molecule has 21 heavy (non-hydrogen) atoms. The Hall–Kier alpha value is -2.69. The monoisotopic (exact) mass is 284 g/mol. The molecule has 106 valence electrons. The summed E-state index contributed by atoms with van der Waals surface area (Å²) >= 11 is 0. The van der Waals surface area contributed by atoms with Crippen LogP contribution in [0.3, 0.4) is 0 Å². The number of benzene rings is 2. The fraction of sp³-hybridized carbons (Fsp3) is 0.125. The zero-order valence-electron chi connectivity index (χ0n) is 11.1. The van der Waals surface area contributed by atoms with Gasteiger partial charge in [-0.3, -0.25) is 15.0 Å². The molecule has 1 aliphatic rings. The molecule has 0 radical (unpaired) electrons. The van der Waals surface area contributed by atoms with Gasteiger partial charge in [0.1, 0.15) is 11.9 Å². The molecule has 1 N–H and O–H groups in total. The predicted molar refractivity (Wildman–Crippen MR) is 76.0 cm³/mol. The first-order valence-corrected chi connectivity index (χ1v) is 6.59. The number of carbonyl (C=O) groups is 2. The van der Waals surface area contributed by atoms with Crippen LogP contribution in [0.5, 0.6) is 0 Å². The fourth-order valence-corrected chi connectivity index (χ4v) is 2.22. The van der Waals surface area contributed by atoms with Crippen LogP contribution in [0.25, 0.3) is 0 Å². The lowest BCUT2D eigenvalue weighted by Gasteiger charge is -2.39. The SMILES string of the molecule is O=C(c1ccc(F)cc1)C1CC(=O)N1Nc1ccccc1. The molecule has 0 saturated carbocycles. The van der Waals surface area contributed by atoms with Crippen molar-refractivity contribution in [2.24, 2.45) is 0 Å². The van der Waals surface area contributed by atoms with Gasteiger partial charge in [0.2, 0.25) is 5.91 Å². The predicted octanol–water partition coefficient (Wildman–Crippen LogP) is 2.64. The van der Waals surface area contributed by atoms with Gasteiger partial charge in [-0.2, -0.15) is 0 Å². The molecule has 1 heterocycles. The summed E-state index contributed by atoms with van der Waals surface area (Å²) in [6.45, 7) is 0. The highest BCUT2D eigenvalue weighted by Gasteiger charge is 2.41. The average molecular weight is 284 g/mol. The van der Waals surface area contributed by atoms with Crippen molar-refractivity contribution in [1.82, 2.24) is 5.01 Å². The van der Waals surface area contributed by atoms with Crippen molar-refractivity contribution in [3.63, 3.8) is 0 Å². The average Bonchev–Trinajstić information content (AvgIpc) is 2.51. The van der Waals surface area contributed by atoms with Crippen molar-refractivity contribution in [2.45, 2.75) is 12.5 Å². The number of rotatable bonds is 4. The number of nitrogens with one attached hydrogen (secondary N) is 1. The van der Waals surface area contributed by atoms with E-state index < -0.39 is 11.9 Å². The highest BCUT2D eigenvalue weighted by atomic mass is 19.1. The number of hydrogen-bond acceptors (Lipinski definition) is 3. The van der Waals surface area contributed by atoms with Gasteiger partial charge < -0.3 is 0 Å². The third-order valence-corrected chi connectivity index (χ3v) is 3.40. The quantitative estimate of drug-likeness (QED) is 0.693. The normalized spacial score (nSPS) is 17.3. The molecule has 0 spiro atoms. The molecule has 1 aliphatic heterocycles. The lowest BCUT2D eigenvalue weighted by Crippen LogP contribution is -2.59. The topological polar surface area (TPSA) is 49.4 Å². The number of nitrogens with zero attached hydrogens (tertiary/aromatic N) is 1. The zero-order chi connectivity index (χ0) is 14.8. The first-order chi connectivity index (χ1) is 10.1. The molecule has 1 saturated heterocycles. The van der Waals surface area contributed by atoms with Gasteiger partial charge in [-0.15, -0.1) is 0 Å². The number of halogens is 1. The molecule has 2 aromatic rings. The molecule has 5 heteroatoms. The Morgan fingerprint density at radius 1 is 1.10 bits per heavy atom. The van der Waals surface area contributed by atoms with E-state index in [9.17, 15) is 14.0 Å². The van der Waals surface area contributed by atoms with E-state index in [2.05, 4.69) is 5.43 Å². The van der Waals surface area contributed by atoms with E-state index in [1.165, 1.54) is 29.3 Å². The van der Waals surface area contributed by atoms with Crippen LogP contribution in [-0.4, -0.2) is 22.7 Å². The number of para-hydroxylation sites is 1. The smallest absolute Gasteiger partial charge is 0.244 e. The van der Waals surface area contributed by atoms with Crippen molar-refractivity contribution in [2.75, 3.05) is 5.43 Å². The molecule has 1 amide bonds. The van der Waals surface area contributed by atoms with Gasteiger partial charge in [-0.25, -0.2) is 9.40 Å². The Bertz CT molecular complexity index is 670. The van der Waals surface area contributed by atoms with E-state index in [1.807, 2.05) is 30.3 Å². The number of amides is 1. The second kappa shape index (κ2) is 5.36. The Labute approximate surface area is 121 Å². The van der Waals surface area contributed by atoms with Crippen LogP contribution in [0.1, 0.15) is 16.8 Å². The van der Waals surface area contributed by atoms with E-state index >= 15 is 0 Å². The van der Waals surface area contributed by atoms with Crippen molar-refractivity contribution < 1.29 is 14.0 Å². The molecular weight excluding hydrogens is 271 g/mol. The molecule has 4 nitrogen and oxygen atoms in total. The highest BCUT2D eigenvalue weighted by molar-refractivity contribution is 6.07. The summed E-state index contributed by atoms with van der Waals surface area (Å²) < 4.78 is 12.9. The van der Waals surface area contributed by atoms with Crippen molar-refractivity contribution >= 4 is 17.4 Å². The van der Waals surface area contributed by atoms with Crippen molar-refractivity contribution in [3.8, 4) is 0 Å². The minimum absolute atomic E-state index is 0.140. The first kappa shape index (κ1) is 13.3. The molecule has 1 atom stereocenters. The van der Waals surface area contributed by atoms with Gasteiger partial charge in [0.25, 0.3) is 0 Å². The molecule has 1 fully saturated rings. The number of hydrogen-bond donors (Lipinski definition) is 1. The van der Waals surface area contributed by atoms with Gasteiger partial charge in [0.15, 0.2) is 5.78 Å². The van der Waals surface area contributed by atoms with E-state index in [-0.39, 0.29) is 18.1 Å². The maximum Gasteiger partial charge on any atom is 0.244 e. The molecule has 0 aromatic heterocycles. The van der Waals surface area contributed by atoms with E-state index in [4.69, 9.17) is 0 Å². The Balaban J connectivity index is 1.75. The molecule has 0 bridgehead atoms. The number of carbonyl (C=O) groups excluding carboxylic acids is 2. The Kier molecular flexibility index (Phi) is 3.39. The van der Waals surface area contributed by atoms with Crippen LogP contribution >= 0.6 is 0 Å². The largest absolute Gasteiger partial charge is 0.295 e. The summed E-state index contributed by atoms with van der Waals surface area (Å²) in [5.41, 5.74) is 4.06. The summed E-state index contributed by atoms with van der Waals surface area (Å²) in [7, 11) is 0. The molecule has 0 aliphatic carbocycles. The second-order valence-electron chi connectivity index (χ2n) is 4.83. The van der Waals surface area contributed by atoms with Crippen LogP contribution in [0.4, 0.5) is 10.1 Å². The van der Waals surface area contributed by atoms with E-state index in [0.29, 0.717) is 5.56 Å². The standard InChI is InChI=1S/C16H13FN2O2/c17-12-8-6-11(7-9-12)16(21)14-10-15(20)19(14)18-13-4-2-1-3-5-13/h1-9,14,18H,10H2. The van der Waals surface area contributed by atoms with Crippen LogP contribution in [0.2, 0.25) is 0 Å². The summed E-state index contributed by atoms with van der Waals surface area (Å²) in [5.74, 6) is -0.729. The highest BCUT2D eigenvalue weighted by Crippen LogP contribution is 2.24. The van der Waals surface area contributed by atoms with Crippen LogP contribution in [0, 0.1) is 5.82 Å². The summed E-state index contributed by atoms with van der Waals surface area (Å²) in [5, 5.41) is 1.32. The van der Waals surface area contributed by atoms with Gasteiger partial charge in [-0.1, -0.05) is 18.2 Å². The minimum Gasteiger partial charge on any atom is -0.295 e. The number of Topliss-reactive ketones (excluding diaryl/α,β-unsaturated/α-hetero) is 1. The van der Waals surface area contributed by atoms with Crippen molar-refractivity contribution in [3.05, 3.63) is 66.0 Å². The number of β-lactam (4-membered cyclic amide) rings is 1. The number of hydrazine groups is 1. The summed E-state index contributed by atoms with van der Waals surface area (Å²) in [4.78, 5) is 24.0. The first-order valence-electron chi connectivity index (χ1n) is 6.59. The van der Waals surface area contributed by atoms with Crippen LogP contribution in [0.15, 0.2) is 54.6 Å². The number of anilines is 1. The van der Waals surface area contributed by atoms with Crippen LogP contribution < -0.4 is 5.43 Å². The number of ketones is 1. The minimum atomic E-state index is -0.553. The Morgan fingerprint density at radius 2 is 1.76 bits per heavy atom. The molecular formula is C16H13FN2O2. The van der Waals surface area contributed by atoms with Gasteiger partial charge in [-0.05, 0) is 36.4 Å². The molecule has 2 aromatic carbocycles. The fourth-order valence-electron chi connectivity index (χ4n) is 2.22.